The van der Waals surface area contributed by atoms with Crippen LogP contribution in [-0.4, -0.2) is 45.4 Å². The normalized spacial score (nSPS) is 14.8. The molecule has 1 aromatic carbocycles. The molecule has 25 heavy (non-hydrogen) atoms. The van der Waals surface area contributed by atoms with Gasteiger partial charge in [-0.2, -0.15) is 0 Å². The highest BCUT2D eigenvalue weighted by atomic mass is 35.5. The van der Waals surface area contributed by atoms with Crippen molar-refractivity contribution in [3.63, 3.8) is 0 Å². The predicted octanol–water partition coefficient (Wildman–Crippen LogP) is 2.61. The Hall–Kier alpha value is -2.45. The molecule has 0 aliphatic carbocycles. The summed E-state index contributed by atoms with van der Waals surface area (Å²) in [5.74, 6) is 1.31. The lowest BCUT2D eigenvalue weighted by Gasteiger charge is -2.31. The highest BCUT2D eigenvalue weighted by molar-refractivity contribution is 6.28. The van der Waals surface area contributed by atoms with E-state index in [4.69, 9.17) is 16.0 Å². The fourth-order valence-corrected chi connectivity index (χ4v) is 3.21. The molecule has 9 heteroatoms. The molecule has 0 saturated heterocycles. The molecule has 130 valence electrons. The average molecular weight is 363 g/mol. The van der Waals surface area contributed by atoms with E-state index in [-0.39, 0.29) is 5.82 Å². The van der Waals surface area contributed by atoms with Crippen LogP contribution in [0, 0.1) is 5.82 Å². The van der Waals surface area contributed by atoms with Gasteiger partial charge in [-0.1, -0.05) is 0 Å². The van der Waals surface area contributed by atoms with E-state index in [2.05, 4.69) is 20.1 Å². The molecule has 0 bridgehead atoms. The third-order valence-electron chi connectivity index (χ3n) is 4.09. The SMILES string of the molecule is CN1Cc2c(nc(Cl)n2Cc2nnc(-c3ccc(F)cc3)o2)N(C)C1. The number of fused-ring (bicyclic) bond motifs is 1. The lowest BCUT2D eigenvalue weighted by atomic mass is 10.2. The van der Waals surface area contributed by atoms with Gasteiger partial charge in [0.25, 0.3) is 0 Å². The Bertz CT molecular complexity index is 906. The van der Waals surface area contributed by atoms with Gasteiger partial charge in [0, 0.05) is 19.2 Å². The van der Waals surface area contributed by atoms with Gasteiger partial charge < -0.3 is 13.9 Å². The largest absolute Gasteiger partial charge is 0.419 e. The number of nitrogens with zero attached hydrogens (tertiary/aromatic N) is 6. The van der Waals surface area contributed by atoms with Crippen LogP contribution in [0.25, 0.3) is 11.5 Å². The average Bonchev–Trinajstić information content (AvgIpc) is 3.15. The molecule has 3 aromatic rings. The van der Waals surface area contributed by atoms with Crippen LogP contribution in [0.1, 0.15) is 11.6 Å². The zero-order valence-corrected chi connectivity index (χ0v) is 14.5. The van der Waals surface area contributed by atoms with Crippen LogP contribution in [0.3, 0.4) is 0 Å². The van der Waals surface area contributed by atoms with Gasteiger partial charge in [0.2, 0.25) is 17.1 Å². The molecule has 0 saturated carbocycles. The number of aromatic nitrogens is 4. The molecule has 7 nitrogen and oxygen atoms in total. The maximum atomic E-state index is 13.0. The lowest BCUT2D eigenvalue weighted by molar-refractivity contribution is 0.304. The van der Waals surface area contributed by atoms with Crippen LogP contribution >= 0.6 is 11.6 Å². The minimum atomic E-state index is -0.312. The van der Waals surface area contributed by atoms with E-state index in [0.717, 1.165) is 24.7 Å². The summed E-state index contributed by atoms with van der Waals surface area (Å²) in [6, 6.07) is 5.91. The topological polar surface area (TPSA) is 63.2 Å². The van der Waals surface area contributed by atoms with Gasteiger partial charge in [0.05, 0.1) is 12.4 Å². The first kappa shape index (κ1) is 16.0. The van der Waals surface area contributed by atoms with Crippen molar-refractivity contribution in [2.75, 3.05) is 25.7 Å². The number of benzene rings is 1. The van der Waals surface area contributed by atoms with Crippen LogP contribution in [0.15, 0.2) is 28.7 Å². The Kier molecular flexibility index (Phi) is 3.93. The summed E-state index contributed by atoms with van der Waals surface area (Å²) in [5, 5.41) is 8.49. The molecule has 1 aliphatic heterocycles. The van der Waals surface area contributed by atoms with Crippen LogP contribution < -0.4 is 4.90 Å². The quantitative estimate of drug-likeness (QED) is 0.713. The second-order valence-electron chi connectivity index (χ2n) is 6.10. The van der Waals surface area contributed by atoms with Crippen molar-refractivity contribution in [3.8, 4) is 11.5 Å². The number of halogens is 2. The van der Waals surface area contributed by atoms with Gasteiger partial charge in [0.15, 0.2) is 5.82 Å². The van der Waals surface area contributed by atoms with E-state index in [0.29, 0.717) is 29.2 Å². The fourth-order valence-electron chi connectivity index (χ4n) is 2.96. The first-order valence-electron chi connectivity index (χ1n) is 7.74. The van der Waals surface area contributed by atoms with Gasteiger partial charge in [-0.25, -0.2) is 9.37 Å². The molecule has 0 radical (unpaired) electrons. The molecular weight excluding hydrogens is 347 g/mol. The molecule has 0 atom stereocenters. The zero-order valence-electron chi connectivity index (χ0n) is 13.8. The van der Waals surface area contributed by atoms with Crippen molar-refractivity contribution in [2.45, 2.75) is 13.1 Å². The van der Waals surface area contributed by atoms with E-state index >= 15 is 0 Å². The third kappa shape index (κ3) is 2.98. The van der Waals surface area contributed by atoms with E-state index in [9.17, 15) is 4.39 Å². The monoisotopic (exact) mass is 362 g/mol. The highest BCUT2D eigenvalue weighted by Crippen LogP contribution is 2.29. The molecule has 0 amide bonds. The number of hydrogen-bond acceptors (Lipinski definition) is 6. The van der Waals surface area contributed by atoms with Gasteiger partial charge in [-0.3, -0.25) is 4.90 Å². The molecule has 1 aliphatic rings. The predicted molar refractivity (Wildman–Crippen MR) is 90.8 cm³/mol. The summed E-state index contributed by atoms with van der Waals surface area (Å²) in [6.45, 7) is 1.85. The number of rotatable bonds is 3. The first-order valence-corrected chi connectivity index (χ1v) is 8.12. The zero-order chi connectivity index (χ0) is 17.6. The number of imidazole rings is 1. The molecular formula is C16H16ClFN6O. The number of anilines is 1. The minimum Gasteiger partial charge on any atom is -0.419 e. The summed E-state index contributed by atoms with van der Waals surface area (Å²) in [4.78, 5) is 8.64. The van der Waals surface area contributed by atoms with Crippen LogP contribution in [0.4, 0.5) is 10.2 Å². The first-order chi connectivity index (χ1) is 12.0. The second-order valence-corrected chi connectivity index (χ2v) is 6.44. The van der Waals surface area contributed by atoms with Crippen molar-refractivity contribution < 1.29 is 8.81 Å². The van der Waals surface area contributed by atoms with Crippen molar-refractivity contribution in [1.82, 2.24) is 24.6 Å². The molecule has 0 N–H and O–H groups in total. The van der Waals surface area contributed by atoms with Gasteiger partial charge in [-0.15, -0.1) is 10.2 Å². The van der Waals surface area contributed by atoms with Crippen LogP contribution in [0.2, 0.25) is 5.28 Å². The van der Waals surface area contributed by atoms with Crippen molar-refractivity contribution in [1.29, 1.82) is 0 Å². The number of hydrogen-bond donors (Lipinski definition) is 0. The molecule has 4 rings (SSSR count). The fraction of sp³-hybridized carbons (Fsp3) is 0.312. The van der Waals surface area contributed by atoms with Crippen molar-refractivity contribution in [2.24, 2.45) is 0 Å². The summed E-state index contributed by atoms with van der Waals surface area (Å²) in [7, 11) is 4.01. The standard InChI is InChI=1S/C16H16ClFN6O/c1-22-7-12-14(23(2)9-22)19-16(17)24(12)8-13-20-21-15(25-13)10-3-5-11(18)6-4-10/h3-6H,7-9H2,1-2H3. The Labute approximate surface area is 148 Å². The van der Waals surface area contributed by atoms with Crippen LogP contribution in [0.5, 0.6) is 0 Å². The smallest absolute Gasteiger partial charge is 0.247 e. The van der Waals surface area contributed by atoms with Crippen molar-refractivity contribution in [3.05, 3.63) is 47.0 Å². The summed E-state index contributed by atoms with van der Waals surface area (Å²) < 4.78 is 20.6. The summed E-state index contributed by atoms with van der Waals surface area (Å²) >= 11 is 6.31. The highest BCUT2D eigenvalue weighted by Gasteiger charge is 2.26. The maximum absolute atomic E-state index is 13.0. The molecule has 2 aromatic heterocycles. The third-order valence-corrected chi connectivity index (χ3v) is 4.38. The Morgan fingerprint density at radius 2 is 1.96 bits per heavy atom. The van der Waals surface area contributed by atoms with Gasteiger partial charge in [0.1, 0.15) is 12.4 Å². The summed E-state index contributed by atoms with van der Waals surface area (Å²) in [6.07, 6.45) is 0. The maximum Gasteiger partial charge on any atom is 0.247 e. The second kappa shape index (κ2) is 6.12. The Morgan fingerprint density at radius 3 is 2.72 bits per heavy atom. The molecule has 0 spiro atoms. The van der Waals surface area contributed by atoms with E-state index in [1.165, 1.54) is 12.1 Å². The summed E-state index contributed by atoms with van der Waals surface area (Å²) in [5.41, 5.74) is 1.67. The van der Waals surface area contributed by atoms with Gasteiger partial charge >= 0.3 is 0 Å². The van der Waals surface area contributed by atoms with Crippen molar-refractivity contribution >= 4 is 17.4 Å². The Balaban J connectivity index is 1.62. The van der Waals surface area contributed by atoms with Crippen LogP contribution in [-0.2, 0) is 13.1 Å². The van der Waals surface area contributed by atoms with E-state index in [1.54, 1.807) is 12.1 Å². The molecule has 3 heterocycles. The minimum absolute atomic E-state index is 0.312. The van der Waals surface area contributed by atoms with Gasteiger partial charge in [-0.05, 0) is 42.9 Å². The Morgan fingerprint density at radius 1 is 1.20 bits per heavy atom. The van der Waals surface area contributed by atoms with E-state index in [1.807, 2.05) is 23.6 Å². The molecule has 0 unspecified atom stereocenters. The lowest BCUT2D eigenvalue weighted by Crippen LogP contribution is -2.38. The van der Waals surface area contributed by atoms with E-state index < -0.39 is 0 Å². The molecule has 0 fully saturated rings.